The number of hydrogen-bond acceptors (Lipinski definition) is 3. The summed E-state index contributed by atoms with van der Waals surface area (Å²) in [6.07, 6.45) is 3.50. The lowest BCUT2D eigenvalue weighted by Crippen LogP contribution is -2.14. The molecule has 0 saturated carbocycles. The molecule has 5 nitrogen and oxygen atoms in total. The number of hydrogen-bond donors (Lipinski definition) is 1. The number of rotatable bonds is 4. The van der Waals surface area contributed by atoms with Crippen LogP contribution in [0.25, 0.3) is 16.9 Å². The Morgan fingerprint density at radius 1 is 1.00 bits per heavy atom. The van der Waals surface area contributed by atoms with Crippen molar-refractivity contribution in [3.05, 3.63) is 84.6 Å². The van der Waals surface area contributed by atoms with Gasteiger partial charge in [0.1, 0.15) is 18.0 Å². The normalized spacial score (nSPS) is 10.8. The molecule has 4 aromatic rings. The molecule has 2 aromatic carbocycles. The number of anilines is 1. The Bertz CT molecular complexity index is 1060. The summed E-state index contributed by atoms with van der Waals surface area (Å²) >= 11 is 0. The van der Waals surface area contributed by atoms with E-state index in [9.17, 15) is 9.18 Å². The molecule has 0 atom stereocenters. The second kappa shape index (κ2) is 6.76. The summed E-state index contributed by atoms with van der Waals surface area (Å²) in [5, 5.41) is 2.79. The number of aromatic nitrogens is 3. The van der Waals surface area contributed by atoms with Crippen LogP contribution in [0, 0.1) is 5.82 Å². The first-order chi connectivity index (χ1) is 12.7. The standard InChI is InChI=1S/C20H15FN4O/c21-15-7-5-14(6-8-15)11-20(26)24-16-9-10-19(22-12-16)25-13-23-17-3-1-2-4-18(17)25/h1-10,12-13H,11H2,(H,24,26). The van der Waals surface area contributed by atoms with Gasteiger partial charge in [0.15, 0.2) is 0 Å². The van der Waals surface area contributed by atoms with Gasteiger partial charge < -0.3 is 5.32 Å². The minimum absolute atomic E-state index is 0.175. The van der Waals surface area contributed by atoms with E-state index in [1.54, 1.807) is 30.7 Å². The molecular weight excluding hydrogens is 331 g/mol. The maximum absolute atomic E-state index is 12.9. The molecule has 0 aliphatic heterocycles. The Hall–Kier alpha value is -3.54. The number of amides is 1. The lowest BCUT2D eigenvalue weighted by atomic mass is 10.1. The highest BCUT2D eigenvalue weighted by atomic mass is 19.1. The Kier molecular flexibility index (Phi) is 4.15. The summed E-state index contributed by atoms with van der Waals surface area (Å²) in [5.74, 6) is 0.218. The first-order valence-electron chi connectivity index (χ1n) is 8.12. The molecule has 128 valence electrons. The third-order valence-corrected chi connectivity index (χ3v) is 4.01. The lowest BCUT2D eigenvalue weighted by molar-refractivity contribution is -0.115. The van der Waals surface area contributed by atoms with Crippen LogP contribution in [0.4, 0.5) is 10.1 Å². The summed E-state index contributed by atoms with van der Waals surface area (Å²) < 4.78 is 14.8. The van der Waals surface area contributed by atoms with Crippen molar-refractivity contribution < 1.29 is 9.18 Å². The van der Waals surface area contributed by atoms with Crippen LogP contribution in [0.3, 0.4) is 0 Å². The second-order valence-corrected chi connectivity index (χ2v) is 5.86. The number of halogens is 1. The van der Waals surface area contributed by atoms with Crippen LogP contribution in [0.2, 0.25) is 0 Å². The van der Waals surface area contributed by atoms with Gasteiger partial charge in [0, 0.05) is 0 Å². The quantitative estimate of drug-likeness (QED) is 0.612. The van der Waals surface area contributed by atoms with Gasteiger partial charge in [-0.15, -0.1) is 0 Å². The van der Waals surface area contributed by atoms with Crippen molar-refractivity contribution >= 4 is 22.6 Å². The van der Waals surface area contributed by atoms with Gasteiger partial charge in [-0.1, -0.05) is 24.3 Å². The van der Waals surface area contributed by atoms with Crippen molar-refractivity contribution in [2.45, 2.75) is 6.42 Å². The summed E-state index contributed by atoms with van der Waals surface area (Å²) in [7, 11) is 0. The van der Waals surface area contributed by atoms with Gasteiger partial charge >= 0.3 is 0 Å². The molecular formula is C20H15FN4O. The van der Waals surface area contributed by atoms with Crippen LogP contribution in [0.1, 0.15) is 5.56 Å². The van der Waals surface area contributed by atoms with Crippen LogP contribution < -0.4 is 5.32 Å². The zero-order valence-corrected chi connectivity index (χ0v) is 13.8. The van der Waals surface area contributed by atoms with E-state index in [1.165, 1.54) is 12.1 Å². The Morgan fingerprint density at radius 2 is 1.81 bits per heavy atom. The molecule has 0 spiro atoms. The Balaban J connectivity index is 1.47. The number of carbonyl (C=O) groups excluding carboxylic acids is 1. The number of fused-ring (bicyclic) bond motifs is 1. The average molecular weight is 346 g/mol. The van der Waals surface area contributed by atoms with E-state index in [0.717, 1.165) is 22.4 Å². The largest absolute Gasteiger partial charge is 0.324 e. The molecule has 0 fully saturated rings. The smallest absolute Gasteiger partial charge is 0.228 e. The maximum atomic E-state index is 12.9. The molecule has 0 saturated heterocycles. The predicted molar refractivity (Wildman–Crippen MR) is 97.6 cm³/mol. The van der Waals surface area contributed by atoms with Crippen LogP contribution in [0.15, 0.2) is 73.2 Å². The van der Waals surface area contributed by atoms with Gasteiger partial charge in [-0.05, 0) is 42.0 Å². The third kappa shape index (κ3) is 3.30. The molecule has 1 amide bonds. The van der Waals surface area contributed by atoms with E-state index in [0.29, 0.717) is 5.69 Å². The predicted octanol–water partition coefficient (Wildman–Crippen LogP) is 3.74. The topological polar surface area (TPSA) is 59.8 Å². The summed E-state index contributed by atoms with van der Waals surface area (Å²) in [4.78, 5) is 20.9. The first kappa shape index (κ1) is 16.0. The highest BCUT2D eigenvalue weighted by Crippen LogP contribution is 2.17. The van der Waals surface area contributed by atoms with Crippen molar-refractivity contribution in [1.29, 1.82) is 0 Å². The van der Waals surface area contributed by atoms with Crippen LogP contribution in [-0.4, -0.2) is 20.4 Å². The third-order valence-electron chi connectivity index (χ3n) is 4.01. The molecule has 4 rings (SSSR count). The molecule has 0 aliphatic carbocycles. The number of benzene rings is 2. The van der Waals surface area contributed by atoms with Crippen molar-refractivity contribution in [2.75, 3.05) is 5.32 Å². The van der Waals surface area contributed by atoms with E-state index in [1.807, 2.05) is 34.9 Å². The second-order valence-electron chi connectivity index (χ2n) is 5.86. The van der Waals surface area contributed by atoms with Gasteiger partial charge in [0.05, 0.1) is 29.3 Å². The maximum Gasteiger partial charge on any atom is 0.228 e. The average Bonchev–Trinajstić information content (AvgIpc) is 3.08. The molecule has 0 radical (unpaired) electrons. The summed E-state index contributed by atoms with van der Waals surface area (Å²) in [6, 6.07) is 17.3. The van der Waals surface area contributed by atoms with Gasteiger partial charge in [0.25, 0.3) is 0 Å². The van der Waals surface area contributed by atoms with Crippen molar-refractivity contribution in [2.24, 2.45) is 0 Å². The van der Waals surface area contributed by atoms with Crippen LogP contribution in [-0.2, 0) is 11.2 Å². The number of para-hydroxylation sites is 2. The fourth-order valence-electron chi connectivity index (χ4n) is 2.74. The van der Waals surface area contributed by atoms with E-state index in [4.69, 9.17) is 0 Å². The van der Waals surface area contributed by atoms with E-state index in [2.05, 4.69) is 15.3 Å². The van der Waals surface area contributed by atoms with Crippen LogP contribution in [0.5, 0.6) is 0 Å². The summed E-state index contributed by atoms with van der Waals surface area (Å²) in [6.45, 7) is 0. The fourth-order valence-corrected chi connectivity index (χ4v) is 2.74. The monoisotopic (exact) mass is 346 g/mol. The molecule has 6 heteroatoms. The molecule has 0 unspecified atom stereocenters. The number of carbonyl (C=O) groups is 1. The van der Waals surface area contributed by atoms with Crippen molar-refractivity contribution in [3.63, 3.8) is 0 Å². The SMILES string of the molecule is O=C(Cc1ccc(F)cc1)Nc1ccc(-n2cnc3ccccc32)nc1. The van der Waals surface area contributed by atoms with Crippen molar-refractivity contribution in [1.82, 2.24) is 14.5 Å². The van der Waals surface area contributed by atoms with E-state index < -0.39 is 0 Å². The Labute approximate surface area is 149 Å². The molecule has 2 heterocycles. The molecule has 1 N–H and O–H groups in total. The number of nitrogens with zero attached hydrogens (tertiary/aromatic N) is 3. The number of imidazole rings is 1. The first-order valence-corrected chi connectivity index (χ1v) is 8.12. The van der Waals surface area contributed by atoms with Crippen LogP contribution >= 0.6 is 0 Å². The lowest BCUT2D eigenvalue weighted by Gasteiger charge is -2.07. The zero-order valence-electron chi connectivity index (χ0n) is 13.8. The minimum atomic E-state index is -0.319. The number of pyridine rings is 1. The molecule has 0 bridgehead atoms. The Morgan fingerprint density at radius 3 is 2.58 bits per heavy atom. The molecule has 2 aromatic heterocycles. The van der Waals surface area contributed by atoms with Crippen molar-refractivity contribution in [3.8, 4) is 5.82 Å². The van der Waals surface area contributed by atoms with Gasteiger partial charge in [-0.2, -0.15) is 0 Å². The van der Waals surface area contributed by atoms with Gasteiger partial charge in [-0.25, -0.2) is 14.4 Å². The van der Waals surface area contributed by atoms with Gasteiger partial charge in [0.2, 0.25) is 5.91 Å². The molecule has 0 aliphatic rings. The van der Waals surface area contributed by atoms with E-state index in [-0.39, 0.29) is 18.1 Å². The summed E-state index contributed by atoms with van der Waals surface area (Å²) in [5.41, 5.74) is 3.21. The fraction of sp³-hybridized carbons (Fsp3) is 0.0500. The number of nitrogens with one attached hydrogen (secondary N) is 1. The molecule has 26 heavy (non-hydrogen) atoms. The highest BCUT2D eigenvalue weighted by molar-refractivity contribution is 5.92. The minimum Gasteiger partial charge on any atom is -0.324 e. The van der Waals surface area contributed by atoms with Gasteiger partial charge in [-0.3, -0.25) is 9.36 Å². The highest BCUT2D eigenvalue weighted by Gasteiger charge is 2.07. The van der Waals surface area contributed by atoms with E-state index >= 15 is 0 Å². The zero-order chi connectivity index (χ0) is 17.9.